The van der Waals surface area contributed by atoms with Crippen molar-refractivity contribution in [3.05, 3.63) is 0 Å². The monoisotopic (exact) mass is 196 g/mol. The van der Waals surface area contributed by atoms with Crippen LogP contribution in [0, 0.1) is 5.92 Å². The minimum atomic E-state index is 0.745. The van der Waals surface area contributed by atoms with Gasteiger partial charge in [-0.3, -0.25) is 4.90 Å². The zero-order chi connectivity index (χ0) is 9.97. The van der Waals surface area contributed by atoms with Crippen molar-refractivity contribution in [3.8, 4) is 0 Å². The normalized spacial score (nSPS) is 32.6. The lowest BCUT2D eigenvalue weighted by molar-refractivity contribution is 0.0788. The predicted molar refractivity (Wildman–Crippen MR) is 60.5 cm³/mol. The fourth-order valence-corrected chi connectivity index (χ4v) is 2.55. The van der Waals surface area contributed by atoms with E-state index in [2.05, 4.69) is 24.1 Å². The highest BCUT2D eigenvalue weighted by molar-refractivity contribution is 4.88. The Morgan fingerprint density at radius 3 is 2.79 bits per heavy atom. The Bertz CT molecular complexity index is 166. The van der Waals surface area contributed by atoms with Gasteiger partial charge in [-0.25, -0.2) is 0 Å². The highest BCUT2D eigenvalue weighted by Crippen LogP contribution is 2.26. The molecule has 2 unspecified atom stereocenters. The average molecular weight is 196 g/mol. The summed E-state index contributed by atoms with van der Waals surface area (Å²) in [5.41, 5.74) is 0. The van der Waals surface area contributed by atoms with Crippen molar-refractivity contribution in [1.29, 1.82) is 0 Å². The van der Waals surface area contributed by atoms with E-state index in [4.69, 9.17) is 0 Å². The van der Waals surface area contributed by atoms with Gasteiger partial charge in [-0.2, -0.15) is 0 Å². The molecule has 1 aliphatic carbocycles. The minimum Gasteiger partial charge on any atom is -0.311 e. The molecular formula is C12H24N2. The summed E-state index contributed by atoms with van der Waals surface area (Å²) in [6, 6.07) is 1.68. The average Bonchev–Trinajstić information content (AvgIpc) is 2.14. The second-order valence-corrected chi connectivity index (χ2v) is 5.03. The molecule has 1 aliphatic heterocycles. The molecule has 0 aromatic rings. The first-order chi connectivity index (χ1) is 6.81. The van der Waals surface area contributed by atoms with Crippen LogP contribution in [0.4, 0.5) is 0 Å². The van der Waals surface area contributed by atoms with Gasteiger partial charge < -0.3 is 5.32 Å². The summed E-state index contributed by atoms with van der Waals surface area (Å²) in [7, 11) is 0. The first kappa shape index (κ1) is 10.4. The van der Waals surface area contributed by atoms with Gasteiger partial charge in [0, 0.05) is 31.7 Å². The van der Waals surface area contributed by atoms with Gasteiger partial charge in [0.1, 0.15) is 0 Å². The minimum absolute atomic E-state index is 0.745. The van der Waals surface area contributed by atoms with E-state index in [1.54, 1.807) is 0 Å². The smallest absolute Gasteiger partial charge is 0.0221 e. The zero-order valence-corrected chi connectivity index (χ0v) is 9.63. The molecule has 2 atom stereocenters. The van der Waals surface area contributed by atoms with E-state index < -0.39 is 0 Å². The molecule has 82 valence electrons. The topological polar surface area (TPSA) is 15.3 Å². The molecule has 0 aromatic heterocycles. The van der Waals surface area contributed by atoms with Crippen molar-refractivity contribution in [2.75, 3.05) is 19.6 Å². The molecule has 2 heteroatoms. The third-order valence-corrected chi connectivity index (χ3v) is 4.16. The van der Waals surface area contributed by atoms with Gasteiger partial charge in [0.15, 0.2) is 0 Å². The van der Waals surface area contributed by atoms with Gasteiger partial charge in [0.2, 0.25) is 0 Å². The lowest BCUT2D eigenvalue weighted by Gasteiger charge is -2.44. The van der Waals surface area contributed by atoms with Gasteiger partial charge in [-0.15, -0.1) is 0 Å². The molecule has 0 aromatic carbocycles. The molecule has 0 amide bonds. The number of rotatable bonds is 3. The molecule has 0 radical (unpaired) electrons. The Hall–Kier alpha value is -0.0800. The first-order valence-corrected chi connectivity index (χ1v) is 6.28. The van der Waals surface area contributed by atoms with E-state index >= 15 is 0 Å². The molecule has 1 N–H and O–H groups in total. The maximum Gasteiger partial charge on any atom is 0.0221 e. The Labute approximate surface area is 88.1 Å². The van der Waals surface area contributed by atoms with Crippen LogP contribution in [0.1, 0.15) is 39.5 Å². The SMILES string of the molecule is CCC(C)C1CN(C2CCC2)CCN1. The Morgan fingerprint density at radius 2 is 2.21 bits per heavy atom. The van der Waals surface area contributed by atoms with Crippen molar-refractivity contribution in [2.24, 2.45) is 5.92 Å². The highest BCUT2D eigenvalue weighted by Gasteiger charge is 2.30. The second-order valence-electron chi connectivity index (χ2n) is 5.03. The molecule has 1 heterocycles. The molecule has 1 saturated heterocycles. The van der Waals surface area contributed by atoms with E-state index in [9.17, 15) is 0 Å². The summed E-state index contributed by atoms with van der Waals surface area (Å²) in [5, 5.41) is 3.66. The largest absolute Gasteiger partial charge is 0.311 e. The van der Waals surface area contributed by atoms with Crippen LogP contribution in [0.2, 0.25) is 0 Å². The summed E-state index contributed by atoms with van der Waals surface area (Å²) in [4.78, 5) is 2.72. The summed E-state index contributed by atoms with van der Waals surface area (Å²) in [5.74, 6) is 0.831. The fraction of sp³-hybridized carbons (Fsp3) is 1.00. The Morgan fingerprint density at radius 1 is 1.43 bits per heavy atom. The lowest BCUT2D eigenvalue weighted by atomic mass is 9.89. The van der Waals surface area contributed by atoms with Crippen LogP contribution >= 0.6 is 0 Å². The zero-order valence-electron chi connectivity index (χ0n) is 9.63. The Balaban J connectivity index is 1.83. The van der Waals surface area contributed by atoms with E-state index in [0.717, 1.165) is 18.0 Å². The maximum absolute atomic E-state index is 3.66. The van der Waals surface area contributed by atoms with Gasteiger partial charge >= 0.3 is 0 Å². The van der Waals surface area contributed by atoms with E-state index in [0.29, 0.717) is 0 Å². The van der Waals surface area contributed by atoms with Gasteiger partial charge in [0.05, 0.1) is 0 Å². The summed E-state index contributed by atoms with van der Waals surface area (Å²) < 4.78 is 0. The van der Waals surface area contributed by atoms with Crippen molar-refractivity contribution in [1.82, 2.24) is 10.2 Å². The Kier molecular flexibility index (Phi) is 3.45. The second kappa shape index (κ2) is 4.63. The van der Waals surface area contributed by atoms with E-state index in [1.807, 2.05) is 0 Å². The first-order valence-electron chi connectivity index (χ1n) is 6.28. The van der Waals surface area contributed by atoms with Gasteiger partial charge in [0.25, 0.3) is 0 Å². The van der Waals surface area contributed by atoms with Crippen LogP contribution in [-0.4, -0.2) is 36.6 Å². The van der Waals surface area contributed by atoms with Crippen LogP contribution in [0.5, 0.6) is 0 Å². The van der Waals surface area contributed by atoms with Crippen molar-refractivity contribution >= 4 is 0 Å². The third-order valence-electron chi connectivity index (χ3n) is 4.16. The molecule has 2 fully saturated rings. The predicted octanol–water partition coefficient (Wildman–Crippen LogP) is 1.86. The standard InChI is InChI=1S/C12H24N2/c1-3-10(2)12-9-14(8-7-13-12)11-5-4-6-11/h10-13H,3-9H2,1-2H3. The van der Waals surface area contributed by atoms with Crippen LogP contribution in [0.25, 0.3) is 0 Å². The van der Waals surface area contributed by atoms with Gasteiger partial charge in [-0.05, 0) is 18.8 Å². The molecule has 0 bridgehead atoms. The number of hydrogen-bond donors (Lipinski definition) is 1. The van der Waals surface area contributed by atoms with Crippen molar-refractivity contribution in [3.63, 3.8) is 0 Å². The molecular weight excluding hydrogens is 172 g/mol. The molecule has 2 nitrogen and oxygen atoms in total. The number of nitrogens with one attached hydrogen (secondary N) is 1. The van der Waals surface area contributed by atoms with Crippen molar-refractivity contribution in [2.45, 2.75) is 51.6 Å². The molecule has 0 spiro atoms. The fourth-order valence-electron chi connectivity index (χ4n) is 2.55. The molecule has 2 aliphatic rings. The van der Waals surface area contributed by atoms with Crippen LogP contribution in [0.3, 0.4) is 0 Å². The lowest BCUT2D eigenvalue weighted by Crippen LogP contribution is -2.57. The summed E-state index contributed by atoms with van der Waals surface area (Å²) in [6.07, 6.45) is 5.67. The quantitative estimate of drug-likeness (QED) is 0.741. The van der Waals surface area contributed by atoms with Crippen molar-refractivity contribution < 1.29 is 0 Å². The van der Waals surface area contributed by atoms with Crippen LogP contribution < -0.4 is 5.32 Å². The maximum atomic E-state index is 3.66. The summed E-state index contributed by atoms with van der Waals surface area (Å²) >= 11 is 0. The molecule has 2 rings (SSSR count). The molecule has 1 saturated carbocycles. The van der Waals surface area contributed by atoms with Gasteiger partial charge in [-0.1, -0.05) is 26.7 Å². The number of nitrogens with zero attached hydrogens (tertiary/aromatic N) is 1. The third kappa shape index (κ3) is 2.12. The van der Waals surface area contributed by atoms with E-state index in [-0.39, 0.29) is 0 Å². The summed E-state index contributed by atoms with van der Waals surface area (Å²) in [6.45, 7) is 8.44. The van der Waals surface area contributed by atoms with Crippen LogP contribution in [-0.2, 0) is 0 Å². The molecule has 14 heavy (non-hydrogen) atoms. The highest BCUT2D eigenvalue weighted by atomic mass is 15.2. The van der Waals surface area contributed by atoms with E-state index in [1.165, 1.54) is 45.3 Å². The number of piperazine rings is 1. The van der Waals surface area contributed by atoms with Crippen LogP contribution in [0.15, 0.2) is 0 Å². The number of hydrogen-bond acceptors (Lipinski definition) is 2.